The quantitative estimate of drug-likeness (QED) is 0.218. The zero-order valence-corrected chi connectivity index (χ0v) is 22.0. The summed E-state index contributed by atoms with van der Waals surface area (Å²) >= 11 is 6.21. The van der Waals surface area contributed by atoms with Crippen molar-refractivity contribution in [1.82, 2.24) is 19.7 Å². The third kappa shape index (κ3) is 6.16. The largest absolute Gasteiger partial charge is 0.370 e. The van der Waals surface area contributed by atoms with Gasteiger partial charge in [-0.25, -0.2) is 4.98 Å². The summed E-state index contributed by atoms with van der Waals surface area (Å²) in [5.74, 6) is 0.287. The number of aromatic nitrogens is 4. The van der Waals surface area contributed by atoms with Gasteiger partial charge in [0.25, 0.3) is 5.91 Å². The van der Waals surface area contributed by atoms with Crippen molar-refractivity contribution in [2.75, 3.05) is 27.5 Å². The van der Waals surface area contributed by atoms with Gasteiger partial charge in [0.15, 0.2) is 5.15 Å². The molecule has 0 aliphatic carbocycles. The molecule has 0 saturated carbocycles. The van der Waals surface area contributed by atoms with E-state index in [0.29, 0.717) is 47.0 Å². The highest BCUT2D eigenvalue weighted by Crippen LogP contribution is 2.31. The lowest BCUT2D eigenvalue weighted by Crippen LogP contribution is -2.23. The molecular formula is C27H27ClN8O2. The van der Waals surface area contributed by atoms with E-state index in [9.17, 15) is 9.59 Å². The van der Waals surface area contributed by atoms with E-state index in [1.54, 1.807) is 55.3 Å². The lowest BCUT2D eigenvalue weighted by atomic mass is 10.2. The van der Waals surface area contributed by atoms with Crippen molar-refractivity contribution < 1.29 is 9.59 Å². The number of anilines is 6. The molecule has 0 aliphatic heterocycles. The summed E-state index contributed by atoms with van der Waals surface area (Å²) < 4.78 is 1.57. The Balaban J connectivity index is 1.74. The van der Waals surface area contributed by atoms with Crippen LogP contribution in [0.2, 0.25) is 5.15 Å². The Hall–Kier alpha value is -4.70. The number of para-hydroxylation sites is 1. The van der Waals surface area contributed by atoms with Gasteiger partial charge in [-0.3, -0.25) is 19.2 Å². The van der Waals surface area contributed by atoms with E-state index in [1.165, 1.54) is 4.90 Å². The molecule has 0 bridgehead atoms. The lowest BCUT2D eigenvalue weighted by Gasteiger charge is -2.24. The minimum absolute atomic E-state index is 0.236. The Morgan fingerprint density at radius 3 is 2.55 bits per heavy atom. The maximum atomic E-state index is 12.5. The van der Waals surface area contributed by atoms with Gasteiger partial charge in [0.2, 0.25) is 12.4 Å². The standard InChI is InChI=1S/C27H27ClN8O2/c1-18(2)26(38)30-20-9-8-12-22(13-20)36(17-37)25-19(15-34(3)21-10-6-5-7-11-21)14-29-27(32-25)31-23-16-35(4)33-24(23)28/h5-14,16-17H,1,15H2,2-4H3,(H,30,38)(H,29,31,32). The van der Waals surface area contributed by atoms with Gasteiger partial charge in [-0.15, -0.1) is 0 Å². The zero-order valence-electron chi connectivity index (χ0n) is 21.2. The number of nitrogens with zero attached hydrogens (tertiary/aromatic N) is 6. The third-order valence-electron chi connectivity index (χ3n) is 5.58. The summed E-state index contributed by atoms with van der Waals surface area (Å²) in [4.78, 5) is 37.2. The number of amides is 2. The van der Waals surface area contributed by atoms with Crippen LogP contribution < -0.4 is 20.4 Å². The van der Waals surface area contributed by atoms with Gasteiger partial charge in [-0.05, 0) is 37.3 Å². The van der Waals surface area contributed by atoms with E-state index in [4.69, 9.17) is 11.6 Å². The number of rotatable bonds is 10. The number of carbonyl (C=O) groups excluding carboxylic acids is 2. The van der Waals surface area contributed by atoms with Crippen LogP contribution in [-0.2, 0) is 23.2 Å². The van der Waals surface area contributed by atoms with E-state index in [2.05, 4.69) is 32.3 Å². The molecule has 0 atom stereocenters. The van der Waals surface area contributed by atoms with Gasteiger partial charge in [0, 0.05) is 55.5 Å². The van der Waals surface area contributed by atoms with Crippen LogP contribution in [0.5, 0.6) is 0 Å². The highest BCUT2D eigenvalue weighted by Gasteiger charge is 2.19. The van der Waals surface area contributed by atoms with Gasteiger partial charge in [0.1, 0.15) is 5.82 Å². The number of halogens is 1. The first-order chi connectivity index (χ1) is 18.2. The minimum atomic E-state index is -0.313. The summed E-state index contributed by atoms with van der Waals surface area (Å²) in [6.45, 7) is 5.71. The average Bonchev–Trinajstić information content (AvgIpc) is 3.22. The Bertz CT molecular complexity index is 1470. The number of nitrogens with one attached hydrogen (secondary N) is 2. The molecule has 2 aromatic carbocycles. The maximum absolute atomic E-state index is 12.5. The van der Waals surface area contributed by atoms with Crippen molar-refractivity contribution >= 4 is 58.4 Å². The second-order valence-electron chi connectivity index (χ2n) is 8.63. The van der Waals surface area contributed by atoms with Gasteiger partial charge in [-0.2, -0.15) is 10.1 Å². The van der Waals surface area contributed by atoms with Gasteiger partial charge >= 0.3 is 0 Å². The molecule has 0 aliphatic rings. The van der Waals surface area contributed by atoms with Gasteiger partial charge in [0.05, 0.1) is 11.4 Å². The van der Waals surface area contributed by atoms with Crippen LogP contribution in [0.1, 0.15) is 12.5 Å². The first-order valence-corrected chi connectivity index (χ1v) is 12.0. The van der Waals surface area contributed by atoms with Crippen LogP contribution in [0.4, 0.5) is 34.5 Å². The number of hydrogen-bond donors (Lipinski definition) is 2. The number of hydrogen-bond acceptors (Lipinski definition) is 7. The van der Waals surface area contributed by atoms with Crippen molar-refractivity contribution in [3.63, 3.8) is 0 Å². The molecule has 2 aromatic heterocycles. The number of aryl methyl sites for hydroxylation is 1. The van der Waals surface area contributed by atoms with E-state index < -0.39 is 0 Å². The monoisotopic (exact) mass is 530 g/mol. The molecule has 4 aromatic rings. The first-order valence-electron chi connectivity index (χ1n) is 11.6. The number of benzene rings is 2. The van der Waals surface area contributed by atoms with Crippen molar-refractivity contribution in [3.8, 4) is 0 Å². The molecule has 194 valence electrons. The minimum Gasteiger partial charge on any atom is -0.370 e. The fourth-order valence-electron chi connectivity index (χ4n) is 3.68. The maximum Gasteiger partial charge on any atom is 0.250 e. The fraction of sp³-hybridized carbons (Fsp3) is 0.148. The summed E-state index contributed by atoms with van der Waals surface area (Å²) in [5.41, 5.74) is 3.60. The van der Waals surface area contributed by atoms with Crippen LogP contribution in [0.3, 0.4) is 0 Å². The molecule has 11 heteroatoms. The zero-order chi connectivity index (χ0) is 27.2. The Labute approximate surface area is 225 Å². The van der Waals surface area contributed by atoms with Crippen LogP contribution in [0, 0.1) is 0 Å². The second kappa shape index (κ2) is 11.6. The van der Waals surface area contributed by atoms with Crippen LogP contribution in [-0.4, -0.2) is 39.1 Å². The van der Waals surface area contributed by atoms with Crippen molar-refractivity contribution in [2.45, 2.75) is 13.5 Å². The Morgan fingerprint density at radius 2 is 1.89 bits per heavy atom. The lowest BCUT2D eigenvalue weighted by molar-refractivity contribution is -0.112. The molecule has 4 rings (SSSR count). The smallest absolute Gasteiger partial charge is 0.250 e. The highest BCUT2D eigenvalue weighted by molar-refractivity contribution is 6.32. The number of carbonyl (C=O) groups is 2. The normalized spacial score (nSPS) is 10.5. The molecule has 10 nitrogen and oxygen atoms in total. The predicted molar refractivity (Wildman–Crippen MR) is 150 cm³/mol. The fourth-order valence-corrected chi connectivity index (χ4v) is 3.89. The van der Waals surface area contributed by atoms with E-state index in [-0.39, 0.29) is 17.0 Å². The summed E-state index contributed by atoms with van der Waals surface area (Å²) in [6, 6.07) is 16.8. The Morgan fingerprint density at radius 1 is 1.16 bits per heavy atom. The summed E-state index contributed by atoms with van der Waals surface area (Å²) in [7, 11) is 3.69. The predicted octanol–water partition coefficient (Wildman–Crippen LogP) is 5.05. The van der Waals surface area contributed by atoms with Gasteiger partial charge in [-0.1, -0.05) is 42.4 Å². The van der Waals surface area contributed by atoms with Crippen molar-refractivity contribution in [3.05, 3.63) is 89.9 Å². The molecule has 2 amide bonds. The van der Waals surface area contributed by atoms with E-state index in [0.717, 1.165) is 5.69 Å². The van der Waals surface area contributed by atoms with Crippen molar-refractivity contribution in [1.29, 1.82) is 0 Å². The van der Waals surface area contributed by atoms with Crippen molar-refractivity contribution in [2.24, 2.45) is 7.05 Å². The molecule has 0 radical (unpaired) electrons. The van der Waals surface area contributed by atoms with Crippen LogP contribution in [0.15, 0.2) is 79.1 Å². The molecular weight excluding hydrogens is 504 g/mol. The Kier molecular flexibility index (Phi) is 8.03. The topological polar surface area (TPSA) is 108 Å². The highest BCUT2D eigenvalue weighted by atomic mass is 35.5. The summed E-state index contributed by atoms with van der Waals surface area (Å²) in [6.07, 6.45) is 4.04. The van der Waals surface area contributed by atoms with Crippen LogP contribution >= 0.6 is 11.6 Å². The van der Waals surface area contributed by atoms with Gasteiger partial charge < -0.3 is 15.5 Å². The molecule has 2 heterocycles. The van der Waals surface area contributed by atoms with E-state index >= 15 is 0 Å². The molecule has 2 N–H and O–H groups in total. The first kappa shape index (κ1) is 26.4. The third-order valence-corrected chi connectivity index (χ3v) is 5.86. The molecule has 0 fully saturated rings. The molecule has 38 heavy (non-hydrogen) atoms. The summed E-state index contributed by atoms with van der Waals surface area (Å²) in [5, 5.41) is 10.2. The van der Waals surface area contributed by atoms with Crippen LogP contribution in [0.25, 0.3) is 0 Å². The molecule has 0 saturated heterocycles. The molecule has 0 unspecified atom stereocenters. The molecule has 0 spiro atoms. The SMILES string of the molecule is C=C(C)C(=O)Nc1cccc(N(C=O)c2nc(Nc3cn(C)nc3Cl)ncc2CN(C)c2ccccc2)c1. The second-order valence-corrected chi connectivity index (χ2v) is 8.98. The average molecular weight is 531 g/mol. The van der Waals surface area contributed by atoms with E-state index in [1.807, 2.05) is 42.3 Å².